The van der Waals surface area contributed by atoms with Gasteiger partial charge in [0.2, 0.25) is 10.0 Å². The van der Waals surface area contributed by atoms with Crippen LogP contribution in [-0.4, -0.2) is 26.7 Å². The molecule has 10 heteroatoms. The molecule has 0 atom stereocenters. The van der Waals surface area contributed by atoms with Gasteiger partial charge in [-0.2, -0.15) is 0 Å². The lowest BCUT2D eigenvalue weighted by molar-refractivity contribution is -0.142. The van der Waals surface area contributed by atoms with Gasteiger partial charge in [0.05, 0.1) is 6.26 Å². The highest BCUT2D eigenvalue weighted by atomic mass is 32.2. The molecule has 3 N–H and O–H groups in total. The summed E-state index contributed by atoms with van der Waals surface area (Å²) in [6.07, 6.45) is 1.09. The van der Waals surface area contributed by atoms with E-state index in [9.17, 15) is 18.0 Å². The number of hydrogen-bond acceptors (Lipinski definition) is 6. The summed E-state index contributed by atoms with van der Waals surface area (Å²) in [4.78, 5) is 23.5. The Kier molecular flexibility index (Phi) is 9.18. The van der Waals surface area contributed by atoms with E-state index in [1.807, 2.05) is 18.2 Å². The van der Waals surface area contributed by atoms with Crippen molar-refractivity contribution in [3.8, 4) is 0 Å². The fraction of sp³-hybridized carbons (Fsp3) is 0.391. The van der Waals surface area contributed by atoms with Crippen LogP contribution in [0.5, 0.6) is 0 Å². The molecular formula is C23H31N3O5S2. The predicted octanol–water partition coefficient (Wildman–Crippen LogP) is 4.07. The Morgan fingerprint density at radius 1 is 1.03 bits per heavy atom. The summed E-state index contributed by atoms with van der Waals surface area (Å²) in [6, 6.07) is 12.5. The third kappa shape index (κ3) is 9.75. The van der Waals surface area contributed by atoms with Gasteiger partial charge < -0.3 is 10.1 Å². The summed E-state index contributed by atoms with van der Waals surface area (Å²) < 4.78 is 32.8. The number of carbonyl (C=O) groups is 2. The van der Waals surface area contributed by atoms with E-state index in [4.69, 9.17) is 4.74 Å². The number of ether oxygens (including phenoxy) is 1. The van der Waals surface area contributed by atoms with Crippen molar-refractivity contribution in [3.05, 3.63) is 64.7 Å². The van der Waals surface area contributed by atoms with Crippen LogP contribution < -0.4 is 14.8 Å². The maximum atomic E-state index is 12.2. The molecule has 0 aliphatic rings. The second kappa shape index (κ2) is 11.4. The number of anilines is 1. The Morgan fingerprint density at radius 3 is 2.27 bits per heavy atom. The van der Waals surface area contributed by atoms with Crippen LogP contribution in [0.4, 0.5) is 10.5 Å². The number of hydrogen-bond donors (Lipinski definition) is 3. The summed E-state index contributed by atoms with van der Waals surface area (Å²) in [5.41, 5.74) is 4.21. The van der Waals surface area contributed by atoms with Gasteiger partial charge in [0.15, 0.2) is 0 Å². The van der Waals surface area contributed by atoms with E-state index in [0.717, 1.165) is 28.5 Å². The van der Waals surface area contributed by atoms with E-state index >= 15 is 0 Å². The lowest BCUT2D eigenvalue weighted by Crippen LogP contribution is -2.31. The molecule has 33 heavy (non-hydrogen) atoms. The smallest absolute Gasteiger partial charge is 0.325 e. The Morgan fingerprint density at radius 2 is 1.70 bits per heavy atom. The molecule has 2 rings (SSSR count). The highest BCUT2D eigenvalue weighted by Crippen LogP contribution is 2.25. The third-order valence-electron chi connectivity index (χ3n) is 4.60. The molecule has 180 valence electrons. The van der Waals surface area contributed by atoms with Gasteiger partial charge in [-0.25, -0.2) is 13.2 Å². The van der Waals surface area contributed by atoms with Crippen LogP contribution >= 0.6 is 11.9 Å². The second-order valence-corrected chi connectivity index (χ2v) is 11.2. The minimum atomic E-state index is -3.31. The lowest BCUT2D eigenvalue weighted by Gasteiger charge is -2.21. The van der Waals surface area contributed by atoms with Crippen molar-refractivity contribution < 1.29 is 22.7 Å². The first-order valence-electron chi connectivity index (χ1n) is 10.3. The van der Waals surface area contributed by atoms with Crippen molar-refractivity contribution in [1.82, 2.24) is 10.0 Å². The van der Waals surface area contributed by atoms with Crippen LogP contribution in [0.3, 0.4) is 0 Å². The first-order valence-corrected chi connectivity index (χ1v) is 13.2. The minimum Gasteiger partial charge on any atom is -0.461 e. The maximum absolute atomic E-state index is 12.2. The van der Waals surface area contributed by atoms with E-state index in [1.165, 1.54) is 18.9 Å². The van der Waals surface area contributed by atoms with Crippen LogP contribution in [0.15, 0.2) is 42.5 Å². The topological polar surface area (TPSA) is 114 Å². The van der Waals surface area contributed by atoms with Gasteiger partial charge in [0, 0.05) is 24.9 Å². The Balaban J connectivity index is 1.89. The van der Waals surface area contributed by atoms with Crippen molar-refractivity contribution in [1.29, 1.82) is 0 Å². The molecule has 8 nitrogen and oxygen atoms in total. The fourth-order valence-electron chi connectivity index (χ4n) is 2.86. The number of sulfonamides is 1. The van der Waals surface area contributed by atoms with E-state index in [1.54, 1.807) is 24.3 Å². The molecule has 0 fully saturated rings. The Hall–Kier alpha value is -2.72. The van der Waals surface area contributed by atoms with Crippen molar-refractivity contribution in [2.45, 2.75) is 52.0 Å². The number of urea groups is 1. The largest absolute Gasteiger partial charge is 0.461 e. The number of benzene rings is 2. The normalized spacial score (nSPS) is 11.5. The van der Waals surface area contributed by atoms with Crippen molar-refractivity contribution in [3.63, 3.8) is 0 Å². The van der Waals surface area contributed by atoms with Crippen LogP contribution in [0.1, 0.15) is 49.9 Å². The molecule has 0 aliphatic heterocycles. The lowest BCUT2D eigenvalue weighted by atomic mass is 9.85. The van der Waals surface area contributed by atoms with Gasteiger partial charge in [-0.05, 0) is 51.7 Å². The average molecular weight is 494 g/mol. The molecule has 0 aliphatic carbocycles. The third-order valence-corrected chi connectivity index (χ3v) is 6.02. The summed E-state index contributed by atoms with van der Waals surface area (Å²) in [5.74, 6) is 0.161. The van der Waals surface area contributed by atoms with Gasteiger partial charge >= 0.3 is 12.0 Å². The molecule has 2 amide bonds. The highest BCUT2D eigenvalue weighted by Gasteiger charge is 2.16. The molecule has 0 heterocycles. The predicted molar refractivity (Wildman–Crippen MR) is 132 cm³/mol. The molecule has 0 aromatic heterocycles. The van der Waals surface area contributed by atoms with E-state index in [-0.39, 0.29) is 24.0 Å². The fourth-order valence-corrected chi connectivity index (χ4v) is 4.06. The molecule has 0 saturated carbocycles. The van der Waals surface area contributed by atoms with Crippen LogP contribution in [-0.2, 0) is 43.9 Å². The van der Waals surface area contributed by atoms with Crippen LogP contribution in [0.2, 0.25) is 0 Å². The zero-order valence-electron chi connectivity index (χ0n) is 19.5. The van der Waals surface area contributed by atoms with E-state index in [0.29, 0.717) is 18.0 Å². The zero-order valence-corrected chi connectivity index (χ0v) is 21.2. The Labute approximate surface area is 200 Å². The van der Waals surface area contributed by atoms with Gasteiger partial charge in [-0.3, -0.25) is 14.2 Å². The van der Waals surface area contributed by atoms with Gasteiger partial charge in [0.1, 0.15) is 6.61 Å². The van der Waals surface area contributed by atoms with Crippen LogP contribution in [0.25, 0.3) is 0 Å². The van der Waals surface area contributed by atoms with Gasteiger partial charge in [0.25, 0.3) is 0 Å². The molecule has 0 radical (unpaired) electrons. The first kappa shape index (κ1) is 26.5. The number of nitrogens with one attached hydrogen (secondary N) is 3. The molecule has 0 saturated heterocycles. The number of carbonyl (C=O) groups excluding carboxylic acids is 2. The number of amides is 2. The summed E-state index contributed by atoms with van der Waals surface area (Å²) in [7, 11) is -3.31. The molecule has 0 unspecified atom stereocenters. The van der Waals surface area contributed by atoms with Gasteiger partial charge in [-0.15, -0.1) is 0 Å². The first-order chi connectivity index (χ1) is 15.3. The molecule has 0 bridgehead atoms. The van der Waals surface area contributed by atoms with Crippen molar-refractivity contribution in [2.24, 2.45) is 0 Å². The summed E-state index contributed by atoms with van der Waals surface area (Å²) in [6.45, 7) is 8.13. The quantitative estimate of drug-likeness (QED) is 0.359. The average Bonchev–Trinajstić information content (AvgIpc) is 2.70. The maximum Gasteiger partial charge on any atom is 0.325 e. The molecule has 2 aromatic rings. The Bertz CT molecular complexity index is 1080. The number of esters is 1. The SMILES string of the molecule is CC(=O)OCc1cc(C(C)(C)C)ccc1CNC(=O)NSCc1ccc(NS(C)(=O)=O)cc1. The van der Waals surface area contributed by atoms with E-state index in [2.05, 4.69) is 35.5 Å². The highest BCUT2D eigenvalue weighted by molar-refractivity contribution is 7.97. The second-order valence-electron chi connectivity index (χ2n) is 8.66. The summed E-state index contributed by atoms with van der Waals surface area (Å²) in [5, 5.41) is 2.82. The molecular weight excluding hydrogens is 462 g/mol. The molecule has 0 spiro atoms. The monoisotopic (exact) mass is 493 g/mol. The van der Waals surface area contributed by atoms with Gasteiger partial charge in [-0.1, -0.05) is 51.1 Å². The van der Waals surface area contributed by atoms with Crippen molar-refractivity contribution in [2.75, 3.05) is 11.0 Å². The molecule has 2 aromatic carbocycles. The van der Waals surface area contributed by atoms with Crippen LogP contribution in [0, 0.1) is 0 Å². The summed E-state index contributed by atoms with van der Waals surface area (Å²) >= 11 is 1.22. The van der Waals surface area contributed by atoms with Crippen molar-refractivity contribution >= 4 is 39.7 Å². The van der Waals surface area contributed by atoms with E-state index < -0.39 is 10.0 Å². The minimum absolute atomic E-state index is 0.0516. The number of rotatable bonds is 9. The standard InChI is InChI=1S/C23H31N3O5S2/c1-16(27)31-14-19-12-20(23(2,3)4)9-8-18(19)13-24-22(28)25-32-15-17-6-10-21(11-7-17)26-33(5,29)30/h6-12,26H,13-15H2,1-5H3,(H2,24,25,28). The zero-order chi connectivity index (χ0) is 24.6.